The van der Waals surface area contributed by atoms with Gasteiger partial charge in [-0.2, -0.15) is 10.1 Å². The third-order valence-electron chi connectivity index (χ3n) is 4.14. The van der Waals surface area contributed by atoms with E-state index in [-0.39, 0.29) is 11.6 Å². The summed E-state index contributed by atoms with van der Waals surface area (Å²) < 4.78 is 8.53. The standard InChI is InChI=1S/C15H17N7O2/c1-11-17-15(24-19-11)21-7-2-3-12(21)9-22-14(23)5-4-13(18-22)20-8-6-16-10-20/h4-6,8,10,12H,2-3,7,9H2,1H3. The number of rotatable bonds is 4. The summed E-state index contributed by atoms with van der Waals surface area (Å²) in [6.45, 7) is 3.10. The van der Waals surface area contributed by atoms with Crippen LogP contribution in [0.2, 0.25) is 0 Å². The van der Waals surface area contributed by atoms with Crippen LogP contribution >= 0.6 is 0 Å². The van der Waals surface area contributed by atoms with E-state index in [1.807, 2.05) is 0 Å². The highest BCUT2D eigenvalue weighted by atomic mass is 16.5. The van der Waals surface area contributed by atoms with Gasteiger partial charge in [-0.3, -0.25) is 9.36 Å². The van der Waals surface area contributed by atoms with Crippen molar-refractivity contribution >= 4 is 6.01 Å². The van der Waals surface area contributed by atoms with E-state index in [2.05, 4.69) is 25.1 Å². The van der Waals surface area contributed by atoms with Crippen molar-refractivity contribution in [1.82, 2.24) is 29.5 Å². The summed E-state index contributed by atoms with van der Waals surface area (Å²) >= 11 is 0. The van der Waals surface area contributed by atoms with Gasteiger partial charge in [-0.25, -0.2) is 9.67 Å². The number of hydrogen-bond donors (Lipinski definition) is 0. The van der Waals surface area contributed by atoms with Crippen molar-refractivity contribution in [3.8, 4) is 5.82 Å². The molecule has 0 aromatic carbocycles. The molecule has 0 bridgehead atoms. The molecule has 0 N–H and O–H groups in total. The SMILES string of the molecule is Cc1noc(N2CCCC2Cn2nc(-n3ccnc3)ccc2=O)n1. The van der Waals surface area contributed by atoms with Gasteiger partial charge in [-0.05, 0) is 25.8 Å². The van der Waals surface area contributed by atoms with E-state index >= 15 is 0 Å². The highest BCUT2D eigenvalue weighted by molar-refractivity contribution is 5.29. The first-order chi connectivity index (χ1) is 11.7. The smallest absolute Gasteiger partial charge is 0.320 e. The van der Waals surface area contributed by atoms with Gasteiger partial charge in [0.1, 0.15) is 6.33 Å². The minimum absolute atomic E-state index is 0.105. The van der Waals surface area contributed by atoms with E-state index in [1.165, 1.54) is 10.7 Å². The molecular formula is C15H17N7O2. The number of hydrogen-bond acceptors (Lipinski definition) is 7. The second kappa shape index (κ2) is 5.91. The Bertz CT molecular complexity index is 883. The predicted octanol–water partition coefficient (Wildman–Crippen LogP) is 0.789. The maximum atomic E-state index is 12.2. The third-order valence-corrected chi connectivity index (χ3v) is 4.14. The average molecular weight is 327 g/mol. The summed E-state index contributed by atoms with van der Waals surface area (Å²) in [7, 11) is 0. The minimum atomic E-state index is -0.132. The van der Waals surface area contributed by atoms with Crippen LogP contribution in [-0.2, 0) is 6.54 Å². The number of anilines is 1. The van der Waals surface area contributed by atoms with Gasteiger partial charge >= 0.3 is 6.01 Å². The van der Waals surface area contributed by atoms with Gasteiger partial charge in [0, 0.05) is 25.0 Å². The van der Waals surface area contributed by atoms with Crippen LogP contribution in [0, 0.1) is 6.92 Å². The maximum absolute atomic E-state index is 12.2. The first-order valence-electron chi connectivity index (χ1n) is 7.84. The zero-order valence-electron chi connectivity index (χ0n) is 13.2. The van der Waals surface area contributed by atoms with E-state index in [0.29, 0.717) is 24.2 Å². The molecule has 3 aromatic heterocycles. The number of nitrogens with zero attached hydrogens (tertiary/aromatic N) is 7. The van der Waals surface area contributed by atoms with Crippen LogP contribution in [0.4, 0.5) is 6.01 Å². The predicted molar refractivity (Wildman–Crippen MR) is 85.0 cm³/mol. The van der Waals surface area contributed by atoms with Crippen LogP contribution in [0.5, 0.6) is 0 Å². The molecule has 4 rings (SSSR count). The normalized spacial score (nSPS) is 17.5. The third kappa shape index (κ3) is 2.68. The van der Waals surface area contributed by atoms with Crippen LogP contribution in [-0.4, -0.2) is 42.1 Å². The maximum Gasteiger partial charge on any atom is 0.324 e. The molecular weight excluding hydrogens is 310 g/mol. The van der Waals surface area contributed by atoms with Crippen molar-refractivity contribution in [2.45, 2.75) is 32.4 Å². The lowest BCUT2D eigenvalue weighted by molar-refractivity contribution is 0.393. The quantitative estimate of drug-likeness (QED) is 0.699. The first kappa shape index (κ1) is 14.6. The van der Waals surface area contributed by atoms with Crippen LogP contribution in [0.3, 0.4) is 0 Å². The zero-order valence-corrected chi connectivity index (χ0v) is 13.2. The van der Waals surface area contributed by atoms with Gasteiger partial charge in [0.15, 0.2) is 11.6 Å². The Kier molecular flexibility index (Phi) is 3.60. The van der Waals surface area contributed by atoms with E-state index in [1.54, 1.807) is 36.3 Å². The Morgan fingerprint density at radius 3 is 3.04 bits per heavy atom. The summed E-state index contributed by atoms with van der Waals surface area (Å²) in [6, 6.07) is 3.83. The first-order valence-corrected chi connectivity index (χ1v) is 7.84. The molecule has 0 aliphatic carbocycles. The lowest BCUT2D eigenvalue weighted by Gasteiger charge is -2.22. The van der Waals surface area contributed by atoms with Gasteiger partial charge in [-0.1, -0.05) is 5.16 Å². The molecule has 0 saturated carbocycles. The zero-order chi connectivity index (χ0) is 16.5. The molecule has 0 amide bonds. The summed E-state index contributed by atoms with van der Waals surface area (Å²) in [4.78, 5) is 22.5. The summed E-state index contributed by atoms with van der Waals surface area (Å²) in [6.07, 6.45) is 7.08. The lowest BCUT2D eigenvalue weighted by Crippen LogP contribution is -2.37. The highest BCUT2D eigenvalue weighted by Gasteiger charge is 2.29. The molecule has 9 nitrogen and oxygen atoms in total. The minimum Gasteiger partial charge on any atom is -0.320 e. The molecule has 9 heteroatoms. The fraction of sp³-hybridized carbons (Fsp3) is 0.400. The van der Waals surface area contributed by atoms with Crippen molar-refractivity contribution in [3.05, 3.63) is 47.0 Å². The fourth-order valence-corrected chi connectivity index (χ4v) is 2.98. The Hall–Kier alpha value is -2.97. The molecule has 1 atom stereocenters. The molecule has 1 saturated heterocycles. The monoisotopic (exact) mass is 327 g/mol. The summed E-state index contributed by atoms with van der Waals surface area (Å²) in [5.41, 5.74) is -0.132. The van der Waals surface area contributed by atoms with E-state index < -0.39 is 0 Å². The molecule has 124 valence electrons. The van der Waals surface area contributed by atoms with Crippen molar-refractivity contribution < 1.29 is 4.52 Å². The van der Waals surface area contributed by atoms with Crippen molar-refractivity contribution in [3.63, 3.8) is 0 Å². The number of aryl methyl sites for hydroxylation is 1. The average Bonchev–Trinajstić information content (AvgIpc) is 3.30. The van der Waals surface area contributed by atoms with Gasteiger partial charge in [0.05, 0.1) is 12.6 Å². The Labute approximate surface area is 137 Å². The topological polar surface area (TPSA) is 94.9 Å². The molecule has 24 heavy (non-hydrogen) atoms. The lowest BCUT2D eigenvalue weighted by atomic mass is 10.2. The van der Waals surface area contributed by atoms with Gasteiger partial charge in [0.2, 0.25) is 0 Å². The Balaban J connectivity index is 1.60. The van der Waals surface area contributed by atoms with Crippen LogP contribution < -0.4 is 10.5 Å². The molecule has 1 aliphatic rings. The van der Waals surface area contributed by atoms with Crippen LogP contribution in [0.1, 0.15) is 18.7 Å². The Morgan fingerprint density at radius 2 is 2.29 bits per heavy atom. The van der Waals surface area contributed by atoms with Crippen LogP contribution in [0.25, 0.3) is 5.82 Å². The molecule has 0 spiro atoms. The number of imidazole rings is 1. The second-order valence-electron chi connectivity index (χ2n) is 5.80. The van der Waals surface area contributed by atoms with Crippen LogP contribution in [0.15, 0.2) is 40.2 Å². The second-order valence-corrected chi connectivity index (χ2v) is 5.80. The largest absolute Gasteiger partial charge is 0.324 e. The van der Waals surface area contributed by atoms with Gasteiger partial charge in [-0.15, -0.1) is 0 Å². The molecule has 4 heterocycles. The van der Waals surface area contributed by atoms with Crippen molar-refractivity contribution in [1.29, 1.82) is 0 Å². The molecule has 3 aromatic rings. The fourth-order valence-electron chi connectivity index (χ4n) is 2.98. The molecule has 1 aliphatic heterocycles. The van der Waals surface area contributed by atoms with Crippen molar-refractivity contribution in [2.24, 2.45) is 0 Å². The van der Waals surface area contributed by atoms with Gasteiger partial charge < -0.3 is 9.42 Å². The molecule has 1 unspecified atom stereocenters. The van der Waals surface area contributed by atoms with Gasteiger partial charge in [0.25, 0.3) is 5.56 Å². The molecule has 0 radical (unpaired) electrons. The molecule has 1 fully saturated rings. The van der Waals surface area contributed by atoms with E-state index in [4.69, 9.17) is 4.52 Å². The van der Waals surface area contributed by atoms with E-state index in [9.17, 15) is 4.79 Å². The highest BCUT2D eigenvalue weighted by Crippen LogP contribution is 2.24. The summed E-state index contributed by atoms with van der Waals surface area (Å²) in [5.74, 6) is 1.26. The summed E-state index contributed by atoms with van der Waals surface area (Å²) in [5, 5.41) is 8.29. The number of aromatic nitrogens is 6. The Morgan fingerprint density at radius 1 is 1.38 bits per heavy atom. The van der Waals surface area contributed by atoms with Crippen molar-refractivity contribution in [2.75, 3.05) is 11.4 Å². The van der Waals surface area contributed by atoms with E-state index in [0.717, 1.165) is 19.4 Å².